The number of likely N-dealkylation sites (N-methyl/N-ethyl adjacent to an activating group) is 4. The minimum Gasteiger partial charge on any atom is -0.357 e. The van der Waals surface area contributed by atoms with Crippen molar-refractivity contribution < 1.29 is 112 Å². The number of hydrogen-bond acceptors (Lipinski definition) is 17. The lowest BCUT2D eigenvalue weighted by molar-refractivity contribution is -0.164. The highest BCUT2D eigenvalue weighted by Gasteiger charge is 2.66. The van der Waals surface area contributed by atoms with Crippen molar-refractivity contribution in [3.8, 4) is 6.07 Å². The number of nitrogens with one attached hydrogen (secondary N) is 12. The summed E-state index contributed by atoms with van der Waals surface area (Å²) in [4.78, 5) is 207. The molecule has 0 spiro atoms. The van der Waals surface area contributed by atoms with Crippen LogP contribution < -0.4 is 63.8 Å². The average Bonchev–Trinajstić information content (AvgIpc) is 1.69. The number of nitriles is 1. The third-order valence-corrected chi connectivity index (χ3v) is 29.4. The molecule has 2 unspecified atom stereocenters. The first-order chi connectivity index (χ1) is 67.7. The van der Waals surface area contributed by atoms with Gasteiger partial charge in [0.2, 0.25) is 23.6 Å². The Bertz CT molecular complexity index is 6400. The van der Waals surface area contributed by atoms with E-state index in [-0.39, 0.29) is 74.8 Å². The van der Waals surface area contributed by atoms with Crippen molar-refractivity contribution >= 4 is 152 Å². The van der Waals surface area contributed by atoms with Gasteiger partial charge in [-0.25, -0.2) is 35.1 Å². The van der Waals surface area contributed by atoms with Gasteiger partial charge in [0.15, 0.2) is 0 Å². The summed E-state index contributed by atoms with van der Waals surface area (Å²) in [6.45, 7) is 21.1. The van der Waals surface area contributed by atoms with Crippen molar-refractivity contribution in [3.63, 3.8) is 0 Å². The number of benzene rings is 4. The number of ketones is 4. The SMILES string of the molecule is CNC(=O)C1(NC(=O)C(=O)c2c(C)c(C(=O)Nc3ccc(C)c(C#N)c3)n3c2CCC3C)CC(F)(F)C1.CNC(=O)C1(NC(=O)C(=O)c2c(C)c(C(=O)Nc3ccc(C)c(Cl)c3)n3c2CCC3C)CC(F)(F)C1.CNC(=O)C1(NC(=O)C(=O)c2c(C)c(C(=O)Nc3ccc(C)c(Cl)c3)n3c2CC[C@@H]3C)CC(F)(F)C1.CNC(=O)C1(NC(=O)C(=O)c2c(C)c(C(=O)Nc3ccc(C)c(Cl)c3)n3c2CC[C@H]3C)CC(F)(F)C1. The third-order valence-electron chi connectivity index (χ3n) is 28.2. The molecule has 8 aromatic rings. The van der Waals surface area contributed by atoms with E-state index in [4.69, 9.17) is 34.8 Å². The second-order valence-corrected chi connectivity index (χ2v) is 39.9. The number of alkyl halides is 8. The maximum absolute atomic E-state index is 13.7. The van der Waals surface area contributed by atoms with Crippen LogP contribution in [0, 0.1) is 66.7 Å². The molecule has 44 heteroatoms. The minimum absolute atomic E-state index is 0.0340. The predicted octanol–water partition coefficient (Wildman–Crippen LogP) is 14.1. The number of rotatable bonds is 24. The highest BCUT2D eigenvalue weighted by Crippen LogP contribution is 2.51. The maximum Gasteiger partial charge on any atom is 0.293 e. The molecular weight excluding hydrogens is 1970 g/mol. The van der Waals surface area contributed by atoms with Crippen molar-refractivity contribution in [1.29, 1.82) is 5.26 Å². The molecule has 4 atom stereocenters. The summed E-state index contributed by atoms with van der Waals surface area (Å²) in [5.74, 6) is -26.2. The second-order valence-electron chi connectivity index (χ2n) is 38.7. The molecule has 4 aliphatic carbocycles. The van der Waals surface area contributed by atoms with E-state index < -0.39 is 191 Å². The molecule has 8 aliphatic rings. The van der Waals surface area contributed by atoms with Crippen LogP contribution in [0.2, 0.25) is 15.1 Å². The summed E-state index contributed by atoms with van der Waals surface area (Å²) in [5, 5.41) is 40.0. The largest absolute Gasteiger partial charge is 0.357 e. The molecule has 0 radical (unpaired) electrons. The number of carbonyl (C=O) groups excluding carboxylic acids is 16. The van der Waals surface area contributed by atoms with Crippen LogP contribution in [-0.4, -0.2) is 186 Å². The summed E-state index contributed by atoms with van der Waals surface area (Å²) in [5.41, 5.74) is 2.46. The molecule has 8 heterocycles. The smallest absolute Gasteiger partial charge is 0.293 e. The highest BCUT2D eigenvalue weighted by molar-refractivity contribution is 6.46. The Morgan fingerprint density at radius 2 is 0.510 bits per heavy atom. The Balaban J connectivity index is 0.000000162. The van der Waals surface area contributed by atoms with E-state index in [2.05, 4.69) is 69.9 Å². The monoisotopic (exact) mass is 2070 g/mol. The van der Waals surface area contributed by atoms with E-state index in [1.165, 1.54) is 28.2 Å². The average molecular weight is 2070 g/mol. The number of aromatic nitrogens is 4. The molecule has 4 aromatic heterocycles. The van der Waals surface area contributed by atoms with E-state index in [1.807, 2.05) is 48.5 Å². The number of fused-ring (bicyclic) bond motifs is 4. The van der Waals surface area contributed by atoms with Crippen molar-refractivity contribution in [1.82, 2.24) is 60.8 Å². The van der Waals surface area contributed by atoms with Crippen LogP contribution in [-0.2, 0) is 64.0 Å². The van der Waals surface area contributed by atoms with Gasteiger partial charge in [-0.3, -0.25) is 76.7 Å². The Labute approximate surface area is 842 Å². The van der Waals surface area contributed by atoms with Gasteiger partial charge in [0.05, 0.1) is 33.9 Å². The van der Waals surface area contributed by atoms with E-state index in [0.29, 0.717) is 134 Å². The van der Waals surface area contributed by atoms with Crippen molar-refractivity contribution in [3.05, 3.63) is 206 Å². The Morgan fingerprint density at radius 3 is 0.690 bits per heavy atom. The van der Waals surface area contributed by atoms with Gasteiger partial charge in [-0.15, -0.1) is 0 Å². The number of anilines is 4. The van der Waals surface area contributed by atoms with Gasteiger partial charge in [-0.2, -0.15) is 5.26 Å². The fraction of sp³-hybridized carbons (Fsp3) is 0.436. The molecule has 770 valence electrons. The first kappa shape index (κ1) is 108. The Hall–Kier alpha value is -13.9. The number of halogens is 11. The number of hydrogen-bond donors (Lipinski definition) is 12. The lowest BCUT2D eigenvalue weighted by Gasteiger charge is -2.45. The van der Waals surface area contributed by atoms with Gasteiger partial charge in [-0.05, 0) is 227 Å². The number of nitrogens with zero attached hydrogens (tertiary/aromatic N) is 5. The summed E-state index contributed by atoms with van der Waals surface area (Å²) in [6, 6.07) is 21.8. The molecule has 4 aromatic carbocycles. The van der Waals surface area contributed by atoms with Crippen LogP contribution in [0.3, 0.4) is 0 Å². The molecule has 16 rings (SSSR count). The van der Waals surface area contributed by atoms with Gasteiger partial charge in [0.1, 0.15) is 44.9 Å². The van der Waals surface area contributed by atoms with Crippen molar-refractivity contribution in [2.24, 2.45) is 0 Å². The molecule has 145 heavy (non-hydrogen) atoms. The molecule has 0 bridgehead atoms. The normalized spacial score (nSPS) is 19.0. The Morgan fingerprint density at radius 1 is 0.317 bits per heavy atom. The fourth-order valence-electron chi connectivity index (χ4n) is 20.9. The number of carbonyl (C=O) groups is 16. The molecule has 33 nitrogen and oxygen atoms in total. The number of aryl methyl sites for hydroxylation is 4. The van der Waals surface area contributed by atoms with Crippen LogP contribution in [0.4, 0.5) is 57.9 Å². The topological polar surface area (TPSA) is 461 Å². The fourth-order valence-corrected chi connectivity index (χ4v) is 21.4. The molecule has 0 saturated heterocycles. The molecule has 4 fully saturated rings. The van der Waals surface area contributed by atoms with Crippen LogP contribution in [0.25, 0.3) is 0 Å². The maximum atomic E-state index is 13.7. The molecule has 4 aliphatic heterocycles. The molecule has 12 N–H and O–H groups in total. The van der Waals surface area contributed by atoms with E-state index in [1.54, 1.807) is 126 Å². The van der Waals surface area contributed by atoms with Gasteiger partial charge in [0.25, 0.3) is 94.1 Å². The molecular formula is C101H108Cl3F8N17O16. The lowest BCUT2D eigenvalue weighted by atomic mass is 9.72. The highest BCUT2D eigenvalue weighted by atomic mass is 35.5. The van der Waals surface area contributed by atoms with Gasteiger partial charge >= 0.3 is 0 Å². The van der Waals surface area contributed by atoms with E-state index in [9.17, 15) is 117 Å². The van der Waals surface area contributed by atoms with Gasteiger partial charge in [0, 0.05) is 164 Å². The quantitative estimate of drug-likeness (QED) is 0.0152. The van der Waals surface area contributed by atoms with Crippen molar-refractivity contribution in [2.75, 3.05) is 49.5 Å². The van der Waals surface area contributed by atoms with Crippen LogP contribution in [0.15, 0.2) is 72.8 Å². The zero-order valence-corrected chi connectivity index (χ0v) is 84.2. The van der Waals surface area contributed by atoms with Crippen molar-refractivity contribution in [2.45, 2.75) is 256 Å². The summed E-state index contributed by atoms with van der Waals surface area (Å²) in [7, 11) is 5.08. The van der Waals surface area contributed by atoms with Gasteiger partial charge < -0.3 is 82.1 Å². The first-order valence-corrected chi connectivity index (χ1v) is 47.7. The number of amides is 12. The summed E-state index contributed by atoms with van der Waals surface area (Å²) >= 11 is 18.5. The van der Waals surface area contributed by atoms with E-state index in [0.717, 1.165) is 22.3 Å². The standard InChI is InChI=1S/C26H27F2N5O4.3C25H27ClF2N4O4/c1-13-5-7-17(9-16(13)10-29)31-22(35)20-15(3)19(18-8-6-14(2)33(18)20)21(34)23(36)32-25(24(37)30-4)11-26(27,28)12-25;3*1-12-5-7-15(9-16(12)26)30-21(34)19-14(3)18(17-8-6-13(2)32(17)19)20(33)22(35)31-24(23(36)29-4)10-25(27,28)11-24/h5,7,9,14H,6,8,11-12H2,1-4H3,(H,30,37)(H,31,35)(H,32,36);3*5,7,9,13H,6,8,10-11H2,1-4H3,(H,29,36)(H,30,34)(H,31,35)/t;2*13-;/m.10./s1. The zero-order valence-electron chi connectivity index (χ0n) is 82.0. The second kappa shape index (κ2) is 40.6. The van der Waals surface area contributed by atoms with Crippen LogP contribution in [0.1, 0.15) is 285 Å². The summed E-state index contributed by atoms with van der Waals surface area (Å²) < 4.78 is 116. The Kier molecular flexibility index (Phi) is 30.4. The minimum atomic E-state index is -3.13. The van der Waals surface area contributed by atoms with Crippen LogP contribution in [0.5, 0.6) is 0 Å². The summed E-state index contributed by atoms with van der Waals surface area (Å²) in [6.07, 6.45) is -2.76. The third kappa shape index (κ3) is 20.8. The predicted molar refractivity (Wildman–Crippen MR) is 519 cm³/mol. The van der Waals surface area contributed by atoms with Gasteiger partial charge in [-0.1, -0.05) is 59.1 Å². The zero-order chi connectivity index (χ0) is 107. The van der Waals surface area contributed by atoms with E-state index >= 15 is 0 Å². The number of Topliss-reactive ketones (excluding diaryl/α,β-unsaturated/α-hetero) is 4. The molecule has 12 amide bonds. The molecule has 4 saturated carbocycles. The first-order valence-electron chi connectivity index (χ1n) is 46.6. The van der Waals surface area contributed by atoms with Crippen LogP contribution >= 0.6 is 34.8 Å². The lowest BCUT2D eigenvalue weighted by Crippen LogP contribution is -2.69.